The number of aliphatic hydroxyl groups excluding tert-OH is 1. The number of hydrogen-bond donors (Lipinski definition) is 1. The van der Waals surface area contributed by atoms with Crippen molar-refractivity contribution in [2.24, 2.45) is 0 Å². The smallest absolute Gasteiger partial charge is 0.230 e. The number of likely N-dealkylation sites (N-methyl/N-ethyl adjacent to an activating group) is 1. The van der Waals surface area contributed by atoms with Gasteiger partial charge in [-0.2, -0.15) is 0 Å². The van der Waals surface area contributed by atoms with Crippen LogP contribution >= 0.6 is 11.3 Å². The number of hydrogen-bond acceptors (Lipinski definition) is 4. The van der Waals surface area contributed by atoms with Crippen molar-refractivity contribution in [2.75, 3.05) is 27.3 Å². The topological polar surface area (TPSA) is 49.8 Å². The van der Waals surface area contributed by atoms with E-state index in [0.29, 0.717) is 6.54 Å². The summed E-state index contributed by atoms with van der Waals surface area (Å²) >= 11 is 1.57. The van der Waals surface area contributed by atoms with Crippen LogP contribution in [0.5, 0.6) is 0 Å². The Bertz CT molecular complexity index is 340. The summed E-state index contributed by atoms with van der Waals surface area (Å²) in [6, 6.07) is 3.89. The molecule has 0 saturated heterocycles. The predicted molar refractivity (Wildman–Crippen MR) is 68.3 cm³/mol. The van der Waals surface area contributed by atoms with E-state index < -0.39 is 6.10 Å². The highest BCUT2D eigenvalue weighted by molar-refractivity contribution is 7.10. The van der Waals surface area contributed by atoms with Crippen LogP contribution in [0, 0.1) is 0 Å². The molecule has 1 rings (SSSR count). The van der Waals surface area contributed by atoms with Gasteiger partial charge >= 0.3 is 0 Å². The standard InChI is InChI=1S/C12H19NO3S/c1-9(11-5-4-6-17-11)12(15)13(2)7-10(14)8-16-3/h4-6,9-10,14H,7-8H2,1-3H3/t9-,10-/m1/s1. The number of amides is 1. The van der Waals surface area contributed by atoms with Crippen molar-refractivity contribution < 1.29 is 14.6 Å². The van der Waals surface area contributed by atoms with Gasteiger partial charge in [0.05, 0.1) is 18.6 Å². The first-order chi connectivity index (χ1) is 8.06. The summed E-state index contributed by atoms with van der Waals surface area (Å²) < 4.78 is 4.83. The molecular weight excluding hydrogens is 238 g/mol. The monoisotopic (exact) mass is 257 g/mol. The van der Waals surface area contributed by atoms with Crippen LogP contribution in [0.2, 0.25) is 0 Å². The first-order valence-electron chi connectivity index (χ1n) is 5.51. The zero-order chi connectivity index (χ0) is 12.8. The van der Waals surface area contributed by atoms with E-state index in [1.165, 1.54) is 7.11 Å². The molecule has 0 saturated carbocycles. The molecule has 96 valence electrons. The van der Waals surface area contributed by atoms with Gasteiger partial charge in [-0.15, -0.1) is 11.3 Å². The van der Waals surface area contributed by atoms with Crippen molar-refractivity contribution >= 4 is 17.2 Å². The maximum Gasteiger partial charge on any atom is 0.230 e. The van der Waals surface area contributed by atoms with Crippen molar-refractivity contribution in [3.05, 3.63) is 22.4 Å². The van der Waals surface area contributed by atoms with Crippen molar-refractivity contribution in [3.63, 3.8) is 0 Å². The van der Waals surface area contributed by atoms with Crippen molar-refractivity contribution in [1.82, 2.24) is 4.90 Å². The van der Waals surface area contributed by atoms with Gasteiger partial charge in [0.1, 0.15) is 0 Å². The number of methoxy groups -OCH3 is 1. The van der Waals surface area contributed by atoms with Gasteiger partial charge in [0.15, 0.2) is 0 Å². The Morgan fingerprint density at radius 3 is 2.88 bits per heavy atom. The molecule has 17 heavy (non-hydrogen) atoms. The van der Waals surface area contributed by atoms with Gasteiger partial charge in [-0.1, -0.05) is 6.07 Å². The summed E-state index contributed by atoms with van der Waals surface area (Å²) in [5.74, 6) is -0.141. The summed E-state index contributed by atoms with van der Waals surface area (Å²) in [5.41, 5.74) is 0. The second-order valence-electron chi connectivity index (χ2n) is 4.07. The minimum atomic E-state index is -0.635. The number of carbonyl (C=O) groups is 1. The number of rotatable bonds is 6. The molecule has 0 spiro atoms. The molecule has 0 aliphatic carbocycles. The number of thiophene rings is 1. The molecule has 0 aliphatic heterocycles. The zero-order valence-electron chi connectivity index (χ0n) is 10.4. The lowest BCUT2D eigenvalue weighted by Crippen LogP contribution is -2.38. The third-order valence-electron chi connectivity index (χ3n) is 2.56. The first kappa shape index (κ1) is 14.2. The Morgan fingerprint density at radius 2 is 2.35 bits per heavy atom. The molecule has 5 heteroatoms. The highest BCUT2D eigenvalue weighted by Crippen LogP contribution is 2.22. The Hall–Kier alpha value is -0.910. The van der Waals surface area contributed by atoms with Crippen molar-refractivity contribution in [3.8, 4) is 0 Å². The summed E-state index contributed by atoms with van der Waals surface area (Å²) in [4.78, 5) is 14.7. The van der Waals surface area contributed by atoms with Crippen LogP contribution in [0.3, 0.4) is 0 Å². The molecule has 4 nitrogen and oxygen atoms in total. The highest BCUT2D eigenvalue weighted by atomic mass is 32.1. The minimum absolute atomic E-state index is 0.0163. The van der Waals surface area contributed by atoms with E-state index in [4.69, 9.17) is 4.74 Å². The van der Waals surface area contributed by atoms with E-state index in [1.54, 1.807) is 23.3 Å². The number of carbonyl (C=O) groups excluding carboxylic acids is 1. The van der Waals surface area contributed by atoms with Crippen molar-refractivity contribution in [1.29, 1.82) is 0 Å². The normalized spacial score (nSPS) is 14.4. The van der Waals surface area contributed by atoms with Crippen LogP contribution < -0.4 is 0 Å². The summed E-state index contributed by atoms with van der Waals surface area (Å²) in [6.07, 6.45) is -0.635. The van der Waals surface area contributed by atoms with E-state index in [-0.39, 0.29) is 18.4 Å². The second kappa shape index (κ2) is 6.74. The van der Waals surface area contributed by atoms with Gasteiger partial charge < -0.3 is 14.7 Å². The molecule has 1 aromatic heterocycles. The van der Waals surface area contributed by atoms with Crippen molar-refractivity contribution in [2.45, 2.75) is 18.9 Å². The molecule has 2 atom stereocenters. The zero-order valence-corrected chi connectivity index (χ0v) is 11.2. The van der Waals surface area contributed by atoms with Crippen LogP contribution in [0.25, 0.3) is 0 Å². The Balaban J connectivity index is 2.52. The minimum Gasteiger partial charge on any atom is -0.389 e. The van der Waals surface area contributed by atoms with Crippen LogP contribution in [-0.2, 0) is 9.53 Å². The fourth-order valence-electron chi connectivity index (χ4n) is 1.64. The lowest BCUT2D eigenvalue weighted by molar-refractivity contribution is -0.132. The number of aliphatic hydroxyl groups is 1. The summed E-state index contributed by atoms with van der Waals surface area (Å²) in [5, 5.41) is 11.5. The fourth-order valence-corrected chi connectivity index (χ4v) is 2.42. The summed E-state index contributed by atoms with van der Waals surface area (Å²) in [6.45, 7) is 2.42. The average molecular weight is 257 g/mol. The lowest BCUT2D eigenvalue weighted by atomic mass is 10.1. The molecule has 1 amide bonds. The quantitative estimate of drug-likeness (QED) is 0.836. The molecule has 0 aromatic carbocycles. The van der Waals surface area contributed by atoms with E-state index in [1.807, 2.05) is 24.4 Å². The van der Waals surface area contributed by atoms with Gasteiger partial charge in [0.2, 0.25) is 5.91 Å². The van der Waals surface area contributed by atoms with Crippen LogP contribution in [0.15, 0.2) is 17.5 Å². The van der Waals surface area contributed by atoms with E-state index >= 15 is 0 Å². The Labute approximate surface area is 106 Å². The average Bonchev–Trinajstić information content (AvgIpc) is 2.80. The Kier molecular flexibility index (Phi) is 5.61. The molecule has 0 unspecified atom stereocenters. The van der Waals surface area contributed by atoms with Crippen LogP contribution in [0.4, 0.5) is 0 Å². The maximum absolute atomic E-state index is 12.1. The van der Waals surface area contributed by atoms with Gasteiger partial charge in [-0.05, 0) is 18.4 Å². The van der Waals surface area contributed by atoms with E-state index in [2.05, 4.69) is 0 Å². The highest BCUT2D eigenvalue weighted by Gasteiger charge is 2.21. The third-order valence-corrected chi connectivity index (χ3v) is 3.62. The number of nitrogens with zero attached hydrogens (tertiary/aromatic N) is 1. The van der Waals surface area contributed by atoms with E-state index in [9.17, 15) is 9.90 Å². The van der Waals surface area contributed by atoms with Gasteiger partial charge in [0.25, 0.3) is 0 Å². The molecular formula is C12H19NO3S. The molecule has 1 N–H and O–H groups in total. The SMILES string of the molecule is COC[C@H](O)CN(C)C(=O)[C@H](C)c1cccs1. The maximum atomic E-state index is 12.1. The molecule has 0 radical (unpaired) electrons. The third kappa shape index (κ3) is 4.11. The molecule has 1 aromatic rings. The predicted octanol–water partition coefficient (Wildman–Crippen LogP) is 1.32. The van der Waals surface area contributed by atoms with Gasteiger partial charge in [-0.3, -0.25) is 4.79 Å². The van der Waals surface area contributed by atoms with E-state index in [0.717, 1.165) is 4.88 Å². The van der Waals surface area contributed by atoms with Crippen LogP contribution in [0.1, 0.15) is 17.7 Å². The van der Waals surface area contributed by atoms with Crippen LogP contribution in [-0.4, -0.2) is 49.3 Å². The summed E-state index contributed by atoms with van der Waals surface area (Å²) in [7, 11) is 3.23. The largest absolute Gasteiger partial charge is 0.389 e. The molecule has 0 aliphatic rings. The molecule has 0 bridgehead atoms. The van der Waals surface area contributed by atoms with Gasteiger partial charge in [-0.25, -0.2) is 0 Å². The number of ether oxygens (including phenoxy) is 1. The lowest BCUT2D eigenvalue weighted by Gasteiger charge is -2.23. The second-order valence-corrected chi connectivity index (χ2v) is 5.04. The Morgan fingerprint density at radius 1 is 1.65 bits per heavy atom. The molecule has 1 heterocycles. The molecule has 0 fully saturated rings. The van der Waals surface area contributed by atoms with Gasteiger partial charge in [0, 0.05) is 25.6 Å². The fraction of sp³-hybridized carbons (Fsp3) is 0.583. The first-order valence-corrected chi connectivity index (χ1v) is 6.39.